The third-order valence-corrected chi connectivity index (χ3v) is 2.82. The van der Waals surface area contributed by atoms with Crippen molar-refractivity contribution in [2.45, 2.75) is 38.5 Å². The summed E-state index contributed by atoms with van der Waals surface area (Å²) in [5, 5.41) is 2.91. The molecular formula is C15H21NO2. The minimum Gasteiger partial charge on any atom is -0.352 e. The Balaban J connectivity index is 2.01. The molecule has 0 saturated carbocycles. The van der Waals surface area contributed by atoms with Gasteiger partial charge in [-0.25, -0.2) is 0 Å². The first-order chi connectivity index (χ1) is 8.84. The number of carbonyl (C=O) groups is 2. The van der Waals surface area contributed by atoms with E-state index in [1.54, 1.807) is 0 Å². The van der Waals surface area contributed by atoms with Gasteiger partial charge in [-0.05, 0) is 25.0 Å². The van der Waals surface area contributed by atoms with Gasteiger partial charge in [0.2, 0.25) is 0 Å². The van der Waals surface area contributed by atoms with E-state index in [9.17, 15) is 9.59 Å². The van der Waals surface area contributed by atoms with E-state index in [-0.39, 0.29) is 5.91 Å². The topological polar surface area (TPSA) is 46.2 Å². The van der Waals surface area contributed by atoms with Crippen LogP contribution in [0.15, 0.2) is 30.3 Å². The van der Waals surface area contributed by atoms with Crippen molar-refractivity contribution in [3.8, 4) is 0 Å². The SMILES string of the molecule is O=CCCCCCCCNC(=O)c1ccccc1. The van der Waals surface area contributed by atoms with Gasteiger partial charge in [-0.1, -0.05) is 37.5 Å². The first kappa shape index (κ1) is 14.4. The van der Waals surface area contributed by atoms with Crippen LogP contribution in [0.25, 0.3) is 0 Å². The second kappa shape index (κ2) is 9.40. The summed E-state index contributed by atoms with van der Waals surface area (Å²) in [6, 6.07) is 9.25. The third-order valence-electron chi connectivity index (χ3n) is 2.82. The Morgan fingerprint density at radius 3 is 2.39 bits per heavy atom. The van der Waals surface area contributed by atoms with Gasteiger partial charge in [0.25, 0.3) is 5.91 Å². The molecule has 98 valence electrons. The maximum absolute atomic E-state index is 11.7. The number of amides is 1. The number of unbranched alkanes of at least 4 members (excludes halogenated alkanes) is 5. The molecule has 1 aromatic rings. The summed E-state index contributed by atoms with van der Waals surface area (Å²) in [7, 11) is 0. The second-order valence-electron chi connectivity index (χ2n) is 4.35. The summed E-state index contributed by atoms with van der Waals surface area (Å²) in [6.07, 6.45) is 6.97. The van der Waals surface area contributed by atoms with Gasteiger partial charge in [-0.3, -0.25) is 4.79 Å². The molecule has 0 aliphatic rings. The smallest absolute Gasteiger partial charge is 0.251 e. The van der Waals surface area contributed by atoms with Crippen LogP contribution in [0.2, 0.25) is 0 Å². The lowest BCUT2D eigenvalue weighted by molar-refractivity contribution is -0.107. The minimum atomic E-state index is -0.00319. The number of aldehydes is 1. The van der Waals surface area contributed by atoms with Crippen molar-refractivity contribution in [2.24, 2.45) is 0 Å². The summed E-state index contributed by atoms with van der Waals surface area (Å²) in [4.78, 5) is 21.8. The number of benzene rings is 1. The van der Waals surface area contributed by atoms with E-state index in [4.69, 9.17) is 0 Å². The molecule has 1 amide bonds. The van der Waals surface area contributed by atoms with Gasteiger partial charge in [-0.15, -0.1) is 0 Å². The van der Waals surface area contributed by atoms with Gasteiger partial charge < -0.3 is 10.1 Å². The fourth-order valence-corrected chi connectivity index (χ4v) is 1.78. The van der Waals surface area contributed by atoms with Crippen molar-refractivity contribution in [2.75, 3.05) is 6.54 Å². The standard InChI is InChI=1S/C15H21NO2/c17-13-9-4-2-1-3-8-12-16-15(18)14-10-6-5-7-11-14/h5-7,10-11,13H,1-4,8-9,12H2,(H,16,18). The zero-order valence-electron chi connectivity index (χ0n) is 10.7. The van der Waals surface area contributed by atoms with Crippen molar-refractivity contribution >= 4 is 12.2 Å². The van der Waals surface area contributed by atoms with Crippen LogP contribution >= 0.6 is 0 Å². The highest BCUT2D eigenvalue weighted by molar-refractivity contribution is 5.94. The Hall–Kier alpha value is -1.64. The summed E-state index contributed by atoms with van der Waals surface area (Å²) in [6.45, 7) is 0.724. The number of nitrogens with one attached hydrogen (secondary N) is 1. The van der Waals surface area contributed by atoms with E-state index in [1.165, 1.54) is 0 Å². The molecule has 0 bridgehead atoms. The molecule has 3 heteroatoms. The lowest BCUT2D eigenvalue weighted by atomic mass is 10.1. The Labute approximate surface area is 109 Å². The van der Waals surface area contributed by atoms with E-state index >= 15 is 0 Å². The van der Waals surface area contributed by atoms with Crippen molar-refractivity contribution in [1.82, 2.24) is 5.32 Å². The van der Waals surface area contributed by atoms with Crippen LogP contribution in [0.1, 0.15) is 48.9 Å². The molecule has 1 N–H and O–H groups in total. The first-order valence-corrected chi connectivity index (χ1v) is 6.61. The lowest BCUT2D eigenvalue weighted by Gasteiger charge is -2.04. The van der Waals surface area contributed by atoms with Gasteiger partial charge in [0.15, 0.2) is 0 Å². The van der Waals surface area contributed by atoms with E-state index in [0.29, 0.717) is 12.0 Å². The molecule has 3 nitrogen and oxygen atoms in total. The zero-order valence-corrected chi connectivity index (χ0v) is 10.7. The van der Waals surface area contributed by atoms with Crippen molar-refractivity contribution < 1.29 is 9.59 Å². The number of carbonyl (C=O) groups excluding carboxylic acids is 2. The summed E-state index contributed by atoms with van der Waals surface area (Å²) < 4.78 is 0. The molecule has 0 radical (unpaired) electrons. The van der Waals surface area contributed by atoms with Crippen LogP contribution in [0, 0.1) is 0 Å². The van der Waals surface area contributed by atoms with Gasteiger partial charge in [0.05, 0.1) is 0 Å². The molecule has 0 aliphatic heterocycles. The molecule has 0 saturated heterocycles. The monoisotopic (exact) mass is 247 g/mol. The molecule has 1 rings (SSSR count). The highest BCUT2D eigenvalue weighted by atomic mass is 16.1. The molecule has 0 fully saturated rings. The van der Waals surface area contributed by atoms with Crippen LogP contribution in [0.4, 0.5) is 0 Å². The molecule has 0 atom stereocenters. The zero-order chi connectivity index (χ0) is 13.1. The summed E-state index contributed by atoms with van der Waals surface area (Å²) >= 11 is 0. The maximum atomic E-state index is 11.7. The molecule has 0 aromatic heterocycles. The average Bonchev–Trinajstić information content (AvgIpc) is 2.42. The quantitative estimate of drug-likeness (QED) is 0.538. The van der Waals surface area contributed by atoms with Gasteiger partial charge >= 0.3 is 0 Å². The maximum Gasteiger partial charge on any atom is 0.251 e. The van der Waals surface area contributed by atoms with E-state index < -0.39 is 0 Å². The normalized spacial score (nSPS) is 10.0. The Kier molecular flexibility index (Phi) is 7.53. The average molecular weight is 247 g/mol. The van der Waals surface area contributed by atoms with Crippen molar-refractivity contribution in [3.63, 3.8) is 0 Å². The van der Waals surface area contributed by atoms with Crippen molar-refractivity contribution in [1.29, 1.82) is 0 Å². The van der Waals surface area contributed by atoms with E-state index in [2.05, 4.69) is 5.32 Å². The van der Waals surface area contributed by atoms with Crippen LogP contribution in [-0.4, -0.2) is 18.7 Å². The van der Waals surface area contributed by atoms with Gasteiger partial charge in [0.1, 0.15) is 6.29 Å². The van der Waals surface area contributed by atoms with Crippen LogP contribution in [0.5, 0.6) is 0 Å². The predicted octanol–water partition coefficient (Wildman–Crippen LogP) is 2.96. The summed E-state index contributed by atoms with van der Waals surface area (Å²) in [5.41, 5.74) is 0.712. The van der Waals surface area contributed by atoms with Crippen molar-refractivity contribution in [3.05, 3.63) is 35.9 Å². The van der Waals surface area contributed by atoms with E-state index in [1.807, 2.05) is 30.3 Å². The van der Waals surface area contributed by atoms with Gasteiger partial charge in [0, 0.05) is 18.5 Å². The molecule has 0 aliphatic carbocycles. The number of hydrogen-bond acceptors (Lipinski definition) is 2. The van der Waals surface area contributed by atoms with Crippen LogP contribution < -0.4 is 5.32 Å². The first-order valence-electron chi connectivity index (χ1n) is 6.61. The second-order valence-corrected chi connectivity index (χ2v) is 4.35. The Morgan fingerprint density at radius 2 is 1.67 bits per heavy atom. The highest BCUT2D eigenvalue weighted by Gasteiger charge is 2.02. The largest absolute Gasteiger partial charge is 0.352 e. The number of hydrogen-bond donors (Lipinski definition) is 1. The predicted molar refractivity (Wildman–Crippen MR) is 72.5 cm³/mol. The summed E-state index contributed by atoms with van der Waals surface area (Å²) in [5.74, 6) is -0.00319. The van der Waals surface area contributed by atoms with Crippen LogP contribution in [0.3, 0.4) is 0 Å². The molecule has 1 aromatic carbocycles. The molecule has 18 heavy (non-hydrogen) atoms. The molecular weight excluding hydrogens is 226 g/mol. The fourth-order valence-electron chi connectivity index (χ4n) is 1.78. The Morgan fingerprint density at radius 1 is 1.00 bits per heavy atom. The molecule has 0 unspecified atom stereocenters. The number of rotatable bonds is 9. The molecule has 0 spiro atoms. The van der Waals surface area contributed by atoms with E-state index in [0.717, 1.165) is 44.9 Å². The molecule has 0 heterocycles. The Bertz CT molecular complexity index is 349. The third kappa shape index (κ3) is 6.18. The van der Waals surface area contributed by atoms with Crippen LogP contribution in [-0.2, 0) is 4.79 Å². The van der Waals surface area contributed by atoms with Gasteiger partial charge in [-0.2, -0.15) is 0 Å². The fraction of sp³-hybridized carbons (Fsp3) is 0.467. The lowest BCUT2D eigenvalue weighted by Crippen LogP contribution is -2.24. The highest BCUT2D eigenvalue weighted by Crippen LogP contribution is 2.04. The minimum absolute atomic E-state index is 0.00319.